The molecule has 0 heterocycles. The minimum Gasteiger partial charge on any atom is -0.494 e. The highest BCUT2D eigenvalue weighted by molar-refractivity contribution is 6.37. The second-order valence-electron chi connectivity index (χ2n) is 5.42. The second kappa shape index (κ2) is 9.88. The number of esters is 1. The lowest BCUT2D eigenvalue weighted by molar-refractivity contribution is 0.0255. The van der Waals surface area contributed by atoms with Crippen molar-refractivity contribution in [3.8, 4) is 5.75 Å². The van der Waals surface area contributed by atoms with Gasteiger partial charge in [0.05, 0.1) is 22.9 Å². The molecule has 0 fully saturated rings. The van der Waals surface area contributed by atoms with Crippen LogP contribution in [0.1, 0.15) is 28.4 Å². The molecule has 140 valence electrons. The molecule has 2 aromatic carbocycles. The molecule has 1 atom stereocenters. The fourth-order valence-corrected chi connectivity index (χ4v) is 2.72. The molecule has 0 aliphatic rings. The molecule has 2 rings (SSSR count). The van der Waals surface area contributed by atoms with Crippen molar-refractivity contribution in [2.75, 3.05) is 24.8 Å². The maximum Gasteiger partial charge on any atom is 0.340 e. The summed E-state index contributed by atoms with van der Waals surface area (Å²) in [6.07, 6.45) is -0.245. The van der Waals surface area contributed by atoms with Crippen molar-refractivity contribution in [3.05, 3.63) is 57.6 Å². The number of carbonyl (C=O) groups is 1. The van der Waals surface area contributed by atoms with Gasteiger partial charge in [-0.1, -0.05) is 35.3 Å². The normalized spacial score (nSPS) is 11.8. The van der Waals surface area contributed by atoms with Crippen LogP contribution in [0.25, 0.3) is 0 Å². The van der Waals surface area contributed by atoms with E-state index < -0.39 is 12.1 Å². The van der Waals surface area contributed by atoms with Crippen LogP contribution in [0, 0.1) is 0 Å². The minimum atomic E-state index is -0.994. The van der Waals surface area contributed by atoms with Gasteiger partial charge in [-0.05, 0) is 36.2 Å². The van der Waals surface area contributed by atoms with Crippen LogP contribution in [-0.2, 0) is 4.74 Å². The van der Waals surface area contributed by atoms with E-state index in [1.165, 1.54) is 12.1 Å². The number of aliphatic hydroxyl groups excluding tert-OH is 1. The van der Waals surface area contributed by atoms with Crippen molar-refractivity contribution in [1.82, 2.24) is 0 Å². The topological polar surface area (TPSA) is 81.8 Å². The van der Waals surface area contributed by atoms with Crippen LogP contribution in [0.4, 0.5) is 5.69 Å². The monoisotopic (exact) mass is 417 g/mol. The summed E-state index contributed by atoms with van der Waals surface area (Å²) in [5.74, 6) is 0.487. The summed E-state index contributed by atoms with van der Waals surface area (Å²) >= 11 is 17.4. The van der Waals surface area contributed by atoms with Crippen molar-refractivity contribution < 1.29 is 19.4 Å². The third kappa shape index (κ3) is 5.68. The molecule has 0 amide bonds. The van der Waals surface area contributed by atoms with Crippen LogP contribution in [0.5, 0.6) is 5.75 Å². The van der Waals surface area contributed by atoms with Gasteiger partial charge in [0.2, 0.25) is 0 Å². The minimum absolute atomic E-state index is 0.0535. The summed E-state index contributed by atoms with van der Waals surface area (Å²) in [6, 6.07) is 9.64. The van der Waals surface area contributed by atoms with Gasteiger partial charge in [-0.15, -0.1) is 11.6 Å². The van der Waals surface area contributed by atoms with E-state index in [2.05, 4.69) is 0 Å². The van der Waals surface area contributed by atoms with E-state index in [4.69, 9.17) is 50.0 Å². The van der Waals surface area contributed by atoms with Gasteiger partial charge in [0.25, 0.3) is 0 Å². The predicted octanol–water partition coefficient (Wildman–Crippen LogP) is 4.47. The van der Waals surface area contributed by atoms with E-state index in [9.17, 15) is 9.90 Å². The smallest absolute Gasteiger partial charge is 0.340 e. The van der Waals surface area contributed by atoms with Gasteiger partial charge >= 0.3 is 5.97 Å². The number of hydrogen-bond acceptors (Lipinski definition) is 5. The van der Waals surface area contributed by atoms with Crippen LogP contribution in [-0.4, -0.2) is 30.2 Å². The van der Waals surface area contributed by atoms with E-state index in [1.54, 1.807) is 24.3 Å². The molecule has 2 aromatic rings. The summed E-state index contributed by atoms with van der Waals surface area (Å²) in [4.78, 5) is 12.1. The van der Waals surface area contributed by atoms with Gasteiger partial charge in [-0.2, -0.15) is 0 Å². The van der Waals surface area contributed by atoms with Crippen LogP contribution >= 0.6 is 34.8 Å². The van der Waals surface area contributed by atoms with Gasteiger partial charge in [-0.25, -0.2) is 4.79 Å². The number of ether oxygens (including phenoxy) is 2. The number of rotatable bonds is 8. The predicted molar refractivity (Wildman–Crippen MR) is 103 cm³/mol. The second-order valence-corrected chi connectivity index (χ2v) is 6.64. The molecule has 0 radical (unpaired) electrons. The zero-order valence-corrected chi connectivity index (χ0v) is 16.0. The van der Waals surface area contributed by atoms with E-state index in [-0.39, 0.29) is 27.9 Å². The van der Waals surface area contributed by atoms with E-state index in [0.29, 0.717) is 23.8 Å². The number of nitrogen functional groups attached to an aromatic ring is 1. The van der Waals surface area contributed by atoms with E-state index >= 15 is 0 Å². The number of aliphatic hydroxyl groups is 1. The molecule has 3 N–H and O–H groups in total. The van der Waals surface area contributed by atoms with Gasteiger partial charge in [0.1, 0.15) is 18.5 Å². The molecule has 26 heavy (non-hydrogen) atoms. The lowest BCUT2D eigenvalue weighted by Crippen LogP contribution is -2.14. The lowest BCUT2D eigenvalue weighted by Gasteiger charge is -2.14. The molecule has 0 saturated carbocycles. The zero-order chi connectivity index (χ0) is 19.1. The maximum atomic E-state index is 12.1. The molecule has 0 aromatic heterocycles. The molecule has 0 aliphatic heterocycles. The molecule has 5 nitrogen and oxygen atoms in total. The first-order valence-electron chi connectivity index (χ1n) is 7.80. The average molecular weight is 419 g/mol. The van der Waals surface area contributed by atoms with Gasteiger partial charge in [0, 0.05) is 10.9 Å². The summed E-state index contributed by atoms with van der Waals surface area (Å²) in [5, 5.41) is 10.6. The number of hydrogen-bond donors (Lipinski definition) is 2. The molecule has 8 heteroatoms. The maximum absolute atomic E-state index is 12.1. The van der Waals surface area contributed by atoms with Gasteiger partial charge in [-0.3, -0.25) is 0 Å². The number of nitrogens with two attached hydrogens (primary N) is 1. The molecular weight excluding hydrogens is 401 g/mol. The van der Waals surface area contributed by atoms with Crippen LogP contribution in [0.15, 0.2) is 36.4 Å². The molecule has 1 unspecified atom stereocenters. The lowest BCUT2D eigenvalue weighted by atomic mass is 10.1. The van der Waals surface area contributed by atoms with Crippen LogP contribution < -0.4 is 10.5 Å². The average Bonchev–Trinajstić information content (AvgIpc) is 2.63. The quantitative estimate of drug-likeness (QED) is 0.286. The Morgan fingerprint density at radius 2 is 1.88 bits per heavy atom. The van der Waals surface area contributed by atoms with Crippen LogP contribution in [0.3, 0.4) is 0 Å². The third-order valence-electron chi connectivity index (χ3n) is 3.50. The van der Waals surface area contributed by atoms with Gasteiger partial charge < -0.3 is 20.3 Å². The summed E-state index contributed by atoms with van der Waals surface area (Å²) in [6.45, 7) is 0.279. The Bertz CT molecular complexity index is 753. The van der Waals surface area contributed by atoms with E-state index in [0.717, 1.165) is 6.42 Å². The van der Waals surface area contributed by atoms with Crippen molar-refractivity contribution in [2.24, 2.45) is 0 Å². The standard InChI is InChI=1S/C18H18Cl3NO4/c19-6-1-7-25-13-4-2-11(3-5-13)16(23)10-26-18(24)14-8-12(20)9-15(21)17(14)22/h2-5,8-9,16,23H,1,6-7,10,22H2. The fraction of sp³-hybridized carbons (Fsp3) is 0.278. The molecule has 0 saturated heterocycles. The fourth-order valence-electron chi connectivity index (χ4n) is 2.11. The first-order chi connectivity index (χ1) is 12.4. The van der Waals surface area contributed by atoms with Crippen molar-refractivity contribution >= 4 is 46.5 Å². The zero-order valence-electron chi connectivity index (χ0n) is 13.8. The highest BCUT2D eigenvalue weighted by atomic mass is 35.5. The Kier molecular flexibility index (Phi) is 7.85. The Hall–Kier alpha value is -1.66. The number of alkyl halides is 1. The summed E-state index contributed by atoms with van der Waals surface area (Å²) in [5.41, 5.74) is 6.47. The van der Waals surface area contributed by atoms with Crippen LogP contribution in [0.2, 0.25) is 10.0 Å². The van der Waals surface area contributed by atoms with Crippen molar-refractivity contribution in [3.63, 3.8) is 0 Å². The van der Waals surface area contributed by atoms with E-state index in [1.807, 2.05) is 0 Å². The SMILES string of the molecule is Nc1c(Cl)cc(Cl)cc1C(=O)OCC(O)c1ccc(OCCCCl)cc1. The van der Waals surface area contributed by atoms with Crippen molar-refractivity contribution in [1.29, 1.82) is 0 Å². The first kappa shape index (κ1) is 20.6. The highest BCUT2D eigenvalue weighted by Crippen LogP contribution is 2.28. The summed E-state index contributed by atoms with van der Waals surface area (Å²) in [7, 11) is 0. The number of anilines is 1. The molecule has 0 bridgehead atoms. The number of benzene rings is 2. The Balaban J connectivity index is 1.94. The molecular formula is C18H18Cl3NO4. The van der Waals surface area contributed by atoms with Gasteiger partial charge in [0.15, 0.2) is 0 Å². The largest absolute Gasteiger partial charge is 0.494 e. The third-order valence-corrected chi connectivity index (χ3v) is 4.30. The Labute approximate surface area is 166 Å². The van der Waals surface area contributed by atoms with Crippen molar-refractivity contribution in [2.45, 2.75) is 12.5 Å². The highest BCUT2D eigenvalue weighted by Gasteiger charge is 2.17. The number of halogens is 3. The summed E-state index contributed by atoms with van der Waals surface area (Å²) < 4.78 is 10.6. The molecule has 0 aliphatic carbocycles. The molecule has 0 spiro atoms. The first-order valence-corrected chi connectivity index (χ1v) is 9.10. The Morgan fingerprint density at radius 1 is 1.19 bits per heavy atom. The Morgan fingerprint density at radius 3 is 2.54 bits per heavy atom. The number of carbonyl (C=O) groups excluding carboxylic acids is 1.